The maximum absolute atomic E-state index is 13.5. The molecule has 1 aliphatic heterocycles. The third kappa shape index (κ3) is 2.49. The Balaban J connectivity index is 2.53. The second-order valence-corrected chi connectivity index (χ2v) is 5.11. The molecule has 1 nitrogen and oxygen atoms in total. The molecule has 0 saturated heterocycles. The van der Waals surface area contributed by atoms with Crippen LogP contribution in [0.1, 0.15) is 42.0 Å². The van der Waals surface area contributed by atoms with E-state index in [1.165, 1.54) is 5.56 Å². The van der Waals surface area contributed by atoms with Gasteiger partial charge in [0.2, 0.25) is 0 Å². The summed E-state index contributed by atoms with van der Waals surface area (Å²) in [5, 5.41) is 3.33. The predicted molar refractivity (Wildman–Crippen MR) is 65.7 cm³/mol. The number of alkyl halides is 2. The predicted octanol–water partition coefficient (Wildman–Crippen LogP) is 3.36. The number of nitrogens with one attached hydrogen (secondary N) is 1. The molecule has 3 heteroatoms. The molecule has 1 N–H and O–H groups in total. The molecule has 1 heterocycles. The quantitative estimate of drug-likeness (QED) is 0.792. The molecule has 1 aromatic carbocycles. The summed E-state index contributed by atoms with van der Waals surface area (Å²) in [4.78, 5) is 0. The van der Waals surface area contributed by atoms with Crippen LogP contribution in [0.25, 0.3) is 0 Å². The molecule has 1 unspecified atom stereocenters. The van der Waals surface area contributed by atoms with Gasteiger partial charge in [-0.1, -0.05) is 13.0 Å². The molecule has 0 spiro atoms. The number of rotatable bonds is 1. The van der Waals surface area contributed by atoms with Crippen LogP contribution in [0.4, 0.5) is 8.78 Å². The van der Waals surface area contributed by atoms with E-state index in [1.807, 2.05) is 6.07 Å². The van der Waals surface area contributed by atoms with E-state index in [2.05, 4.69) is 12.2 Å². The molecule has 17 heavy (non-hydrogen) atoms. The summed E-state index contributed by atoms with van der Waals surface area (Å²) in [6.45, 7) is 6.63. The van der Waals surface area contributed by atoms with Crippen LogP contribution in [0.15, 0.2) is 12.1 Å². The Morgan fingerprint density at radius 1 is 1.35 bits per heavy atom. The van der Waals surface area contributed by atoms with E-state index in [-0.39, 0.29) is 5.56 Å². The molecule has 1 aliphatic rings. The minimum atomic E-state index is -2.75. The molecule has 0 aromatic heterocycles. The fourth-order valence-electron chi connectivity index (χ4n) is 2.58. The average molecular weight is 239 g/mol. The highest BCUT2D eigenvalue weighted by Gasteiger charge is 2.28. The fraction of sp³-hybridized carbons (Fsp3) is 0.571. The first kappa shape index (κ1) is 12.5. The van der Waals surface area contributed by atoms with E-state index in [0.29, 0.717) is 11.5 Å². The van der Waals surface area contributed by atoms with E-state index in [9.17, 15) is 8.78 Å². The number of halogens is 2. The van der Waals surface area contributed by atoms with Crippen molar-refractivity contribution in [3.8, 4) is 0 Å². The summed E-state index contributed by atoms with van der Waals surface area (Å²) in [6.07, 6.45) is 0.927. The normalized spacial score (nSPS) is 20.9. The van der Waals surface area contributed by atoms with Crippen LogP contribution >= 0.6 is 0 Å². The zero-order valence-corrected chi connectivity index (χ0v) is 10.6. The van der Waals surface area contributed by atoms with Crippen molar-refractivity contribution in [3.63, 3.8) is 0 Å². The zero-order chi connectivity index (χ0) is 12.6. The van der Waals surface area contributed by atoms with Gasteiger partial charge in [0.15, 0.2) is 0 Å². The lowest BCUT2D eigenvalue weighted by Gasteiger charge is -2.19. The molecule has 94 valence electrons. The van der Waals surface area contributed by atoms with Gasteiger partial charge >= 0.3 is 0 Å². The Hall–Kier alpha value is -0.960. The Morgan fingerprint density at radius 3 is 2.71 bits per heavy atom. The van der Waals surface area contributed by atoms with E-state index < -0.39 is 5.92 Å². The molecule has 0 radical (unpaired) electrons. The minimum absolute atomic E-state index is 0.171. The number of benzene rings is 1. The second-order valence-electron chi connectivity index (χ2n) is 5.11. The smallest absolute Gasteiger partial charge is 0.270 e. The Labute approximate surface area is 101 Å². The molecular weight excluding hydrogens is 220 g/mol. The van der Waals surface area contributed by atoms with Gasteiger partial charge < -0.3 is 5.32 Å². The fourth-order valence-corrected chi connectivity index (χ4v) is 2.58. The Kier molecular flexibility index (Phi) is 3.21. The van der Waals surface area contributed by atoms with Crippen LogP contribution in [0.2, 0.25) is 0 Å². The summed E-state index contributed by atoms with van der Waals surface area (Å²) in [6, 6.07) is 3.65. The molecule has 1 atom stereocenters. The van der Waals surface area contributed by atoms with Crippen molar-refractivity contribution in [2.45, 2.75) is 39.0 Å². The molecule has 0 amide bonds. The van der Waals surface area contributed by atoms with Crippen LogP contribution in [-0.4, -0.2) is 13.1 Å². The summed E-state index contributed by atoms with van der Waals surface area (Å²) >= 11 is 0. The summed E-state index contributed by atoms with van der Waals surface area (Å²) < 4.78 is 27.0. The first-order valence-electron chi connectivity index (χ1n) is 6.12. The molecule has 2 rings (SSSR count). The largest absolute Gasteiger partial charge is 0.316 e. The maximum atomic E-state index is 13.5. The van der Waals surface area contributed by atoms with Crippen LogP contribution in [0.3, 0.4) is 0 Å². The van der Waals surface area contributed by atoms with Crippen LogP contribution in [-0.2, 0) is 12.3 Å². The zero-order valence-electron chi connectivity index (χ0n) is 10.6. The summed E-state index contributed by atoms with van der Waals surface area (Å²) in [5.41, 5.74) is 3.17. The minimum Gasteiger partial charge on any atom is -0.316 e. The third-order valence-electron chi connectivity index (χ3n) is 3.51. The van der Waals surface area contributed by atoms with Crippen molar-refractivity contribution in [1.29, 1.82) is 0 Å². The lowest BCUT2D eigenvalue weighted by molar-refractivity contribution is 0.0167. The van der Waals surface area contributed by atoms with Crippen molar-refractivity contribution in [1.82, 2.24) is 5.32 Å². The number of hydrogen-bond donors (Lipinski definition) is 1. The Morgan fingerprint density at radius 2 is 2.06 bits per heavy atom. The van der Waals surface area contributed by atoms with Gasteiger partial charge in [0.05, 0.1) is 0 Å². The first-order chi connectivity index (χ1) is 7.89. The lowest BCUT2D eigenvalue weighted by atomic mass is 9.89. The number of hydrogen-bond acceptors (Lipinski definition) is 1. The van der Waals surface area contributed by atoms with Gasteiger partial charge in [-0.25, -0.2) is 8.78 Å². The van der Waals surface area contributed by atoms with E-state index in [1.54, 1.807) is 13.0 Å². The topological polar surface area (TPSA) is 12.0 Å². The van der Waals surface area contributed by atoms with E-state index in [0.717, 1.165) is 32.0 Å². The van der Waals surface area contributed by atoms with Gasteiger partial charge in [-0.3, -0.25) is 0 Å². The summed E-state index contributed by atoms with van der Waals surface area (Å²) in [5.74, 6) is -2.45. The van der Waals surface area contributed by atoms with Crippen molar-refractivity contribution >= 4 is 0 Å². The second kappa shape index (κ2) is 4.37. The van der Waals surface area contributed by atoms with Crippen LogP contribution in [0, 0.1) is 6.92 Å². The van der Waals surface area contributed by atoms with Gasteiger partial charge in [0, 0.05) is 19.0 Å². The van der Waals surface area contributed by atoms with Crippen molar-refractivity contribution < 1.29 is 8.78 Å². The third-order valence-corrected chi connectivity index (χ3v) is 3.51. The highest BCUT2D eigenvalue weighted by molar-refractivity contribution is 5.42. The van der Waals surface area contributed by atoms with Gasteiger partial charge in [-0.05, 0) is 48.6 Å². The maximum Gasteiger partial charge on any atom is 0.270 e. The van der Waals surface area contributed by atoms with Gasteiger partial charge in [0.1, 0.15) is 0 Å². The average Bonchev–Trinajstić information content (AvgIpc) is 2.38. The molecular formula is C14H19F2N. The van der Waals surface area contributed by atoms with Crippen LogP contribution in [0.5, 0.6) is 0 Å². The number of fused-ring (bicyclic) bond motifs is 1. The van der Waals surface area contributed by atoms with Gasteiger partial charge in [-0.15, -0.1) is 0 Å². The number of aryl methyl sites for hydroxylation is 1. The van der Waals surface area contributed by atoms with E-state index >= 15 is 0 Å². The molecule has 0 bridgehead atoms. The van der Waals surface area contributed by atoms with Crippen molar-refractivity contribution in [2.75, 3.05) is 13.1 Å². The molecule has 0 fully saturated rings. The Bertz CT molecular complexity index is 421. The van der Waals surface area contributed by atoms with Crippen molar-refractivity contribution in [2.24, 2.45) is 0 Å². The van der Waals surface area contributed by atoms with Gasteiger partial charge in [0.25, 0.3) is 5.92 Å². The van der Waals surface area contributed by atoms with Gasteiger partial charge in [-0.2, -0.15) is 0 Å². The monoisotopic (exact) mass is 239 g/mol. The molecule has 1 aromatic rings. The van der Waals surface area contributed by atoms with E-state index in [4.69, 9.17) is 0 Å². The summed E-state index contributed by atoms with van der Waals surface area (Å²) in [7, 11) is 0. The highest BCUT2D eigenvalue weighted by Crippen LogP contribution is 2.34. The highest BCUT2D eigenvalue weighted by atomic mass is 19.3. The first-order valence-corrected chi connectivity index (χ1v) is 6.12. The lowest BCUT2D eigenvalue weighted by Crippen LogP contribution is -2.18. The molecule has 0 saturated carbocycles. The van der Waals surface area contributed by atoms with Crippen LogP contribution < -0.4 is 5.32 Å². The SMILES string of the molecule is Cc1cc2c(cc1C(C)(F)F)C(C)CNCC2. The molecule has 0 aliphatic carbocycles. The standard InChI is InChI=1S/C14H19F2N/c1-9-6-11-4-5-17-8-10(2)12(11)7-13(9)14(3,15)16/h6-7,10,17H,4-5,8H2,1-3H3. The van der Waals surface area contributed by atoms with Crippen molar-refractivity contribution in [3.05, 3.63) is 34.4 Å².